The predicted molar refractivity (Wildman–Crippen MR) is 128 cm³/mol. The number of nitrogens with one attached hydrogen (secondary N) is 2. The number of carbonyl (C=O) groups excluding carboxylic acids is 3. The molecule has 1 aromatic carbocycles. The first-order valence-corrected chi connectivity index (χ1v) is 12.8. The first-order chi connectivity index (χ1) is 17.5. The highest BCUT2D eigenvalue weighted by molar-refractivity contribution is 7.98. The molecule has 0 unspecified atom stereocenters. The summed E-state index contributed by atoms with van der Waals surface area (Å²) in [6.45, 7) is 1.49. The van der Waals surface area contributed by atoms with Crippen LogP contribution < -0.4 is 10.6 Å². The lowest BCUT2D eigenvalue weighted by molar-refractivity contribution is -0.225. The number of alkyl halides is 3. The Balaban J connectivity index is 1.54. The topological polar surface area (TPSA) is 107 Å². The van der Waals surface area contributed by atoms with E-state index in [0.717, 1.165) is 18.1 Å². The van der Waals surface area contributed by atoms with Crippen molar-refractivity contribution in [3.63, 3.8) is 0 Å². The van der Waals surface area contributed by atoms with Gasteiger partial charge in [-0.2, -0.15) is 13.2 Å². The Morgan fingerprint density at radius 1 is 1.19 bits per heavy atom. The lowest BCUT2D eigenvalue weighted by Gasteiger charge is -2.32. The molecule has 2 aliphatic rings. The zero-order valence-corrected chi connectivity index (χ0v) is 21.2. The molecule has 198 valence electrons. The SMILES string of the molecule is C[C@@H](NC(=O)c1ccc(SCc2c(Cl)ccc3c2CCNCC32OC(=O)CCC(=O)O2)nc1)C(F)(F)F. The number of ether oxygens (including phenoxy) is 2. The number of esters is 2. The number of amides is 1. The van der Waals surface area contributed by atoms with E-state index in [1.807, 2.05) is 5.32 Å². The molecule has 2 aliphatic heterocycles. The molecule has 0 saturated carbocycles. The molecule has 1 saturated heterocycles. The third-order valence-electron chi connectivity index (χ3n) is 5.99. The van der Waals surface area contributed by atoms with E-state index in [-0.39, 0.29) is 24.9 Å². The van der Waals surface area contributed by atoms with Gasteiger partial charge in [0.1, 0.15) is 6.04 Å². The monoisotopic (exact) mass is 557 g/mol. The average Bonchev–Trinajstić information content (AvgIpc) is 3.10. The normalized spacial score (nSPS) is 18.2. The van der Waals surface area contributed by atoms with E-state index in [4.69, 9.17) is 21.1 Å². The van der Waals surface area contributed by atoms with Crippen LogP contribution in [0.3, 0.4) is 0 Å². The minimum atomic E-state index is -4.55. The quantitative estimate of drug-likeness (QED) is 0.421. The van der Waals surface area contributed by atoms with Gasteiger partial charge in [-0.05, 0) is 55.3 Å². The zero-order valence-electron chi connectivity index (χ0n) is 19.6. The van der Waals surface area contributed by atoms with E-state index < -0.39 is 35.9 Å². The second-order valence-corrected chi connectivity index (χ2v) is 9.99. The second kappa shape index (κ2) is 10.9. The molecule has 1 atom stereocenters. The summed E-state index contributed by atoms with van der Waals surface area (Å²) in [5, 5.41) is 6.03. The van der Waals surface area contributed by atoms with E-state index in [0.29, 0.717) is 34.3 Å². The maximum absolute atomic E-state index is 12.7. The summed E-state index contributed by atoms with van der Waals surface area (Å²) in [6.07, 6.45) is -2.95. The fourth-order valence-corrected chi connectivity index (χ4v) is 5.25. The van der Waals surface area contributed by atoms with Gasteiger partial charge in [-0.15, -0.1) is 11.8 Å². The van der Waals surface area contributed by atoms with Gasteiger partial charge in [0.2, 0.25) is 0 Å². The maximum atomic E-state index is 12.7. The predicted octanol–water partition coefficient (Wildman–Crippen LogP) is 3.89. The highest BCUT2D eigenvalue weighted by Gasteiger charge is 2.46. The second-order valence-electron chi connectivity index (χ2n) is 8.59. The molecule has 3 heterocycles. The summed E-state index contributed by atoms with van der Waals surface area (Å²) in [4.78, 5) is 40.8. The molecule has 1 aromatic heterocycles. The van der Waals surface area contributed by atoms with Crippen molar-refractivity contribution in [3.05, 3.63) is 57.7 Å². The largest absolute Gasteiger partial charge is 0.416 e. The van der Waals surface area contributed by atoms with Crippen LogP contribution in [0.1, 0.15) is 46.8 Å². The average molecular weight is 558 g/mol. The number of nitrogens with zero attached hydrogens (tertiary/aromatic N) is 1. The van der Waals surface area contributed by atoms with Crippen molar-refractivity contribution >= 4 is 41.2 Å². The minimum Gasteiger partial charge on any atom is -0.416 e. The van der Waals surface area contributed by atoms with Gasteiger partial charge in [0.05, 0.1) is 30.0 Å². The van der Waals surface area contributed by atoms with Gasteiger partial charge in [-0.3, -0.25) is 14.4 Å². The molecule has 13 heteroatoms. The minimum absolute atomic E-state index is 0.00271. The Hall–Kier alpha value is -2.83. The van der Waals surface area contributed by atoms with Crippen molar-refractivity contribution in [2.75, 3.05) is 13.1 Å². The first-order valence-electron chi connectivity index (χ1n) is 11.4. The fourth-order valence-electron chi connectivity index (χ4n) is 4.01. The van der Waals surface area contributed by atoms with Crippen LogP contribution in [0.15, 0.2) is 35.5 Å². The molecular weight excluding hydrogens is 535 g/mol. The van der Waals surface area contributed by atoms with Crippen molar-refractivity contribution in [2.24, 2.45) is 0 Å². The number of hydrogen-bond donors (Lipinski definition) is 2. The van der Waals surface area contributed by atoms with Crippen LogP contribution in [0.2, 0.25) is 5.02 Å². The summed E-state index contributed by atoms with van der Waals surface area (Å²) in [5.41, 5.74) is 2.06. The Morgan fingerprint density at radius 2 is 1.89 bits per heavy atom. The van der Waals surface area contributed by atoms with Gasteiger partial charge in [0.15, 0.2) is 0 Å². The zero-order chi connectivity index (χ0) is 26.8. The van der Waals surface area contributed by atoms with E-state index in [1.54, 1.807) is 12.1 Å². The molecule has 1 amide bonds. The van der Waals surface area contributed by atoms with Crippen LogP contribution in [-0.2, 0) is 37.0 Å². The summed E-state index contributed by atoms with van der Waals surface area (Å²) in [6, 6.07) is 4.28. The Bertz CT molecular complexity index is 1190. The van der Waals surface area contributed by atoms with Gasteiger partial charge >= 0.3 is 18.1 Å². The summed E-state index contributed by atoms with van der Waals surface area (Å²) in [5.74, 6) is -3.20. The van der Waals surface area contributed by atoms with Crippen LogP contribution in [0, 0.1) is 0 Å². The lowest BCUT2D eigenvalue weighted by Crippen LogP contribution is -2.43. The molecule has 37 heavy (non-hydrogen) atoms. The van der Waals surface area contributed by atoms with Gasteiger partial charge in [0, 0.05) is 22.5 Å². The number of aromatic nitrogens is 1. The Labute approximate surface area is 219 Å². The van der Waals surface area contributed by atoms with Crippen molar-refractivity contribution in [3.8, 4) is 0 Å². The molecule has 8 nitrogen and oxygen atoms in total. The van der Waals surface area contributed by atoms with Crippen LogP contribution in [0.5, 0.6) is 0 Å². The molecule has 4 rings (SSSR count). The molecular formula is C24H23ClF3N3O5S. The highest BCUT2D eigenvalue weighted by Crippen LogP contribution is 2.39. The Kier molecular flexibility index (Phi) is 8.00. The molecule has 0 aliphatic carbocycles. The number of hydrogen-bond acceptors (Lipinski definition) is 8. The summed E-state index contributed by atoms with van der Waals surface area (Å²) >= 11 is 7.84. The van der Waals surface area contributed by atoms with E-state index in [2.05, 4.69) is 10.3 Å². The fraction of sp³-hybridized carbons (Fsp3) is 0.417. The molecule has 2 N–H and O–H groups in total. The standard InChI is InChI=1S/C24H23ClF3N3O5S/c1-13(24(26,27)28)31-22(34)14-2-5-19(30-10-14)37-11-16-15-8-9-29-12-23(17(15)3-4-18(16)25)35-20(32)6-7-21(33)36-23/h2-5,10,13,29H,6-9,11-12H2,1H3,(H,31,34)/t13-/m1/s1. The van der Waals surface area contributed by atoms with Gasteiger partial charge in [-0.25, -0.2) is 4.98 Å². The number of carbonyl (C=O) groups is 3. The number of rotatable bonds is 5. The number of halogens is 4. The van der Waals surface area contributed by atoms with E-state index in [9.17, 15) is 27.6 Å². The highest BCUT2D eigenvalue weighted by atomic mass is 35.5. The van der Waals surface area contributed by atoms with Gasteiger partial charge in [-0.1, -0.05) is 11.6 Å². The molecule has 1 fully saturated rings. The van der Waals surface area contributed by atoms with Crippen molar-refractivity contribution in [2.45, 2.75) is 55.0 Å². The van der Waals surface area contributed by atoms with Crippen LogP contribution in [0.25, 0.3) is 0 Å². The van der Waals surface area contributed by atoms with E-state index in [1.165, 1.54) is 30.1 Å². The van der Waals surface area contributed by atoms with Crippen LogP contribution in [0.4, 0.5) is 13.2 Å². The molecule has 0 radical (unpaired) electrons. The smallest absolute Gasteiger partial charge is 0.408 e. The molecule has 1 spiro atoms. The van der Waals surface area contributed by atoms with Crippen molar-refractivity contribution < 1.29 is 37.0 Å². The van der Waals surface area contributed by atoms with Gasteiger partial charge in [0.25, 0.3) is 11.7 Å². The Morgan fingerprint density at radius 3 is 2.51 bits per heavy atom. The van der Waals surface area contributed by atoms with Crippen LogP contribution in [-0.4, -0.2) is 48.1 Å². The number of fused-ring (bicyclic) bond motifs is 2. The van der Waals surface area contributed by atoms with Crippen LogP contribution >= 0.6 is 23.4 Å². The third-order valence-corrected chi connectivity index (χ3v) is 7.31. The maximum Gasteiger partial charge on any atom is 0.408 e. The summed E-state index contributed by atoms with van der Waals surface area (Å²) < 4.78 is 49.4. The molecule has 2 aromatic rings. The number of benzene rings is 1. The lowest BCUT2D eigenvalue weighted by atomic mass is 9.94. The number of thioether (sulfide) groups is 1. The van der Waals surface area contributed by atoms with Gasteiger partial charge < -0.3 is 20.1 Å². The van der Waals surface area contributed by atoms with Crippen molar-refractivity contribution in [1.82, 2.24) is 15.6 Å². The third kappa shape index (κ3) is 6.19. The van der Waals surface area contributed by atoms with Crippen molar-refractivity contribution in [1.29, 1.82) is 0 Å². The number of pyridine rings is 1. The summed E-state index contributed by atoms with van der Waals surface area (Å²) in [7, 11) is 0. The molecule has 0 bridgehead atoms. The van der Waals surface area contributed by atoms with E-state index >= 15 is 0 Å². The first kappa shape index (κ1) is 27.2.